The molecule has 6 heteroatoms. The third-order valence-corrected chi connectivity index (χ3v) is 3.73. The van der Waals surface area contributed by atoms with Gasteiger partial charge in [-0.1, -0.05) is 38.1 Å². The number of fused-ring (bicyclic) bond motifs is 1. The van der Waals surface area contributed by atoms with Gasteiger partial charge in [0.2, 0.25) is 5.91 Å². The van der Waals surface area contributed by atoms with Crippen LogP contribution in [0.15, 0.2) is 23.4 Å². The third kappa shape index (κ3) is 3.16. The van der Waals surface area contributed by atoms with E-state index in [-0.39, 0.29) is 17.8 Å². The van der Waals surface area contributed by atoms with E-state index in [2.05, 4.69) is 5.16 Å². The summed E-state index contributed by atoms with van der Waals surface area (Å²) >= 11 is 0. The van der Waals surface area contributed by atoms with Crippen molar-refractivity contribution in [3.8, 4) is 5.75 Å². The van der Waals surface area contributed by atoms with Crippen LogP contribution < -0.4 is 10.5 Å². The molecule has 0 spiro atoms. The normalized spacial score (nSPS) is 19.2. The summed E-state index contributed by atoms with van der Waals surface area (Å²) in [6, 6.07) is 5.32. The largest absolute Gasteiger partial charge is 0.491 e. The lowest BCUT2D eigenvalue weighted by Gasteiger charge is -2.32. The van der Waals surface area contributed by atoms with Crippen molar-refractivity contribution in [1.82, 2.24) is 4.90 Å². The zero-order valence-electron chi connectivity index (χ0n) is 13.5. The molecule has 0 radical (unpaired) electrons. The molecule has 0 fully saturated rings. The number of amides is 1. The highest BCUT2D eigenvalue weighted by Crippen LogP contribution is 2.29. The van der Waals surface area contributed by atoms with Crippen molar-refractivity contribution >= 4 is 11.7 Å². The van der Waals surface area contributed by atoms with Crippen molar-refractivity contribution in [3.05, 3.63) is 29.3 Å². The van der Waals surface area contributed by atoms with Crippen molar-refractivity contribution in [2.45, 2.75) is 40.3 Å². The summed E-state index contributed by atoms with van der Waals surface area (Å²) in [4.78, 5) is 14.5. The van der Waals surface area contributed by atoms with Crippen molar-refractivity contribution < 1.29 is 14.7 Å². The molecule has 2 rings (SSSR count). The minimum atomic E-state index is -0.438. The topological polar surface area (TPSA) is 88.2 Å². The second-order valence-electron chi connectivity index (χ2n) is 6.65. The zero-order chi connectivity index (χ0) is 16.5. The maximum absolute atomic E-state index is 12.6. The number of oxime groups is 1. The molecule has 0 saturated carbocycles. The van der Waals surface area contributed by atoms with Crippen LogP contribution in [0.2, 0.25) is 0 Å². The molecule has 1 aliphatic rings. The standard InChI is InChI=1S/C16H23N3O3/c1-10-9-22-13-7-11(14(17)18-21)5-6-12(13)8-19(10)15(20)16(2,3)4/h5-7,10,21H,8-9H2,1-4H3,(H2,17,18)/t10-/m0/s1. The molecule has 0 bridgehead atoms. The number of nitrogens with two attached hydrogens (primary N) is 1. The number of rotatable bonds is 1. The van der Waals surface area contributed by atoms with Gasteiger partial charge in [0.15, 0.2) is 5.84 Å². The summed E-state index contributed by atoms with van der Waals surface area (Å²) in [6.45, 7) is 8.61. The maximum Gasteiger partial charge on any atom is 0.228 e. The molecule has 1 aromatic carbocycles. The Morgan fingerprint density at radius 1 is 1.45 bits per heavy atom. The van der Waals surface area contributed by atoms with Gasteiger partial charge < -0.3 is 20.6 Å². The van der Waals surface area contributed by atoms with E-state index in [1.807, 2.05) is 38.7 Å². The van der Waals surface area contributed by atoms with Crippen LogP contribution in [-0.2, 0) is 11.3 Å². The fourth-order valence-electron chi connectivity index (χ4n) is 2.38. The van der Waals surface area contributed by atoms with Gasteiger partial charge in [0, 0.05) is 23.1 Å². The van der Waals surface area contributed by atoms with Gasteiger partial charge in [-0.05, 0) is 13.0 Å². The fraction of sp³-hybridized carbons (Fsp3) is 0.500. The van der Waals surface area contributed by atoms with Gasteiger partial charge in [-0.2, -0.15) is 0 Å². The average Bonchev–Trinajstić information content (AvgIpc) is 2.63. The predicted molar refractivity (Wildman–Crippen MR) is 83.9 cm³/mol. The number of hydrogen-bond acceptors (Lipinski definition) is 4. The Hall–Kier alpha value is -2.24. The SMILES string of the molecule is C[C@H]1COc2cc(C(N)=NO)ccc2CN1C(=O)C(C)(C)C. The molecule has 22 heavy (non-hydrogen) atoms. The van der Waals surface area contributed by atoms with E-state index in [1.54, 1.807) is 12.1 Å². The first-order valence-corrected chi connectivity index (χ1v) is 7.28. The number of carbonyl (C=O) groups is 1. The molecule has 1 aliphatic heterocycles. The molecule has 0 aliphatic carbocycles. The molecule has 0 saturated heterocycles. The lowest BCUT2D eigenvalue weighted by Crippen LogP contribution is -2.45. The number of hydrogen-bond donors (Lipinski definition) is 2. The van der Waals surface area contributed by atoms with E-state index in [4.69, 9.17) is 15.7 Å². The Morgan fingerprint density at radius 2 is 2.14 bits per heavy atom. The van der Waals surface area contributed by atoms with Gasteiger partial charge in [0.25, 0.3) is 0 Å². The minimum absolute atomic E-state index is 0.0218. The summed E-state index contributed by atoms with van der Waals surface area (Å²) in [5.74, 6) is 0.795. The smallest absolute Gasteiger partial charge is 0.228 e. The average molecular weight is 305 g/mol. The molecule has 6 nitrogen and oxygen atoms in total. The third-order valence-electron chi connectivity index (χ3n) is 3.73. The Morgan fingerprint density at radius 3 is 2.73 bits per heavy atom. The highest BCUT2D eigenvalue weighted by Gasteiger charge is 2.32. The van der Waals surface area contributed by atoms with Crippen LogP contribution in [0.3, 0.4) is 0 Å². The van der Waals surface area contributed by atoms with Gasteiger partial charge in [-0.3, -0.25) is 4.79 Å². The van der Waals surface area contributed by atoms with Crippen LogP contribution in [0.25, 0.3) is 0 Å². The van der Waals surface area contributed by atoms with Crippen molar-refractivity contribution in [3.63, 3.8) is 0 Å². The molecule has 120 valence electrons. The molecule has 1 atom stereocenters. The van der Waals surface area contributed by atoms with Crippen LogP contribution in [-0.4, -0.2) is 34.5 Å². The Labute approximate surface area is 130 Å². The Bertz CT molecular complexity index is 605. The highest BCUT2D eigenvalue weighted by molar-refractivity contribution is 5.97. The zero-order valence-corrected chi connectivity index (χ0v) is 13.5. The van der Waals surface area contributed by atoms with Crippen molar-refractivity contribution in [1.29, 1.82) is 0 Å². The van der Waals surface area contributed by atoms with Crippen LogP contribution in [0.5, 0.6) is 5.75 Å². The minimum Gasteiger partial charge on any atom is -0.491 e. The number of nitrogens with zero attached hydrogens (tertiary/aromatic N) is 2. The maximum atomic E-state index is 12.6. The number of amidine groups is 1. The van der Waals surface area contributed by atoms with Crippen LogP contribution >= 0.6 is 0 Å². The fourth-order valence-corrected chi connectivity index (χ4v) is 2.38. The molecule has 0 aromatic heterocycles. The van der Waals surface area contributed by atoms with Crippen LogP contribution in [0, 0.1) is 5.41 Å². The molecule has 0 unspecified atom stereocenters. The quantitative estimate of drug-likeness (QED) is 0.359. The lowest BCUT2D eigenvalue weighted by atomic mass is 9.93. The van der Waals surface area contributed by atoms with Gasteiger partial charge >= 0.3 is 0 Å². The molecule has 1 heterocycles. The number of benzene rings is 1. The van der Waals surface area contributed by atoms with E-state index in [0.29, 0.717) is 24.5 Å². The van der Waals surface area contributed by atoms with E-state index in [9.17, 15) is 4.79 Å². The predicted octanol–water partition coefficient (Wildman–Crippen LogP) is 1.94. The summed E-state index contributed by atoms with van der Waals surface area (Å²) < 4.78 is 5.80. The summed E-state index contributed by atoms with van der Waals surface area (Å²) in [5, 5.41) is 11.8. The van der Waals surface area contributed by atoms with Gasteiger partial charge in [-0.15, -0.1) is 0 Å². The molecular weight excluding hydrogens is 282 g/mol. The second kappa shape index (κ2) is 5.87. The lowest BCUT2D eigenvalue weighted by molar-refractivity contribution is -0.142. The van der Waals surface area contributed by atoms with E-state index < -0.39 is 5.41 Å². The highest BCUT2D eigenvalue weighted by atomic mass is 16.5. The van der Waals surface area contributed by atoms with Crippen molar-refractivity contribution in [2.75, 3.05) is 6.61 Å². The first-order chi connectivity index (χ1) is 10.2. The van der Waals surface area contributed by atoms with E-state index >= 15 is 0 Å². The number of ether oxygens (including phenoxy) is 1. The molecular formula is C16H23N3O3. The second-order valence-corrected chi connectivity index (χ2v) is 6.65. The summed E-state index contributed by atoms with van der Waals surface area (Å²) in [5.41, 5.74) is 6.67. The monoisotopic (exact) mass is 305 g/mol. The van der Waals surface area contributed by atoms with E-state index in [1.165, 1.54) is 0 Å². The van der Waals surface area contributed by atoms with E-state index in [0.717, 1.165) is 5.56 Å². The Kier molecular flexibility index (Phi) is 4.30. The number of carbonyl (C=O) groups excluding carboxylic acids is 1. The molecule has 3 N–H and O–H groups in total. The van der Waals surface area contributed by atoms with Gasteiger partial charge in [0.1, 0.15) is 12.4 Å². The molecule has 1 amide bonds. The van der Waals surface area contributed by atoms with Crippen LogP contribution in [0.1, 0.15) is 38.8 Å². The first-order valence-electron chi connectivity index (χ1n) is 7.28. The Balaban J connectivity index is 2.35. The summed E-state index contributed by atoms with van der Waals surface area (Å²) in [7, 11) is 0. The summed E-state index contributed by atoms with van der Waals surface area (Å²) in [6.07, 6.45) is 0. The van der Waals surface area contributed by atoms with Crippen LogP contribution in [0.4, 0.5) is 0 Å². The van der Waals surface area contributed by atoms with Crippen molar-refractivity contribution in [2.24, 2.45) is 16.3 Å². The van der Waals surface area contributed by atoms with Gasteiger partial charge in [-0.25, -0.2) is 0 Å². The first kappa shape index (κ1) is 16.1. The molecule has 1 aromatic rings. The van der Waals surface area contributed by atoms with Gasteiger partial charge in [0.05, 0.1) is 6.04 Å².